The molecule has 3 atom stereocenters. The molecular weight excluding hydrogens is 287 g/mol. The van der Waals surface area contributed by atoms with Gasteiger partial charge in [-0.1, -0.05) is 58.3 Å². The van der Waals surface area contributed by atoms with Crippen LogP contribution in [0, 0.1) is 11.8 Å². The Bertz CT molecular complexity index is 284. The summed E-state index contributed by atoms with van der Waals surface area (Å²) in [5, 5.41) is 20.5. The Morgan fingerprint density at radius 3 is 2.32 bits per heavy atom. The monoisotopic (exact) mass is 320 g/mol. The summed E-state index contributed by atoms with van der Waals surface area (Å²) in [6, 6.07) is 0. The average Bonchev–Trinajstić information content (AvgIpc) is 2.79. The van der Waals surface area contributed by atoms with Crippen LogP contribution in [0.2, 0.25) is 0 Å². The van der Waals surface area contributed by atoms with E-state index in [-0.39, 0.29) is 42.1 Å². The van der Waals surface area contributed by atoms with Gasteiger partial charge in [-0.3, -0.25) is 0 Å². The van der Waals surface area contributed by atoms with Crippen LogP contribution in [-0.4, -0.2) is 17.2 Å². The molecule has 1 unspecified atom stereocenters. The molecule has 124 valence electrons. The zero-order valence-corrected chi connectivity index (χ0v) is 16.7. The van der Waals surface area contributed by atoms with E-state index in [1.807, 2.05) is 0 Å². The van der Waals surface area contributed by atoms with E-state index < -0.39 is 5.97 Å². The molecule has 4 heteroatoms. The molecular formula is C18H33NaO3. The summed E-state index contributed by atoms with van der Waals surface area (Å²) < 4.78 is 0. The number of aliphatic hydroxyl groups is 1. The van der Waals surface area contributed by atoms with E-state index in [9.17, 15) is 15.0 Å². The molecule has 0 radical (unpaired) electrons. The van der Waals surface area contributed by atoms with Crippen LogP contribution in [0.4, 0.5) is 0 Å². The van der Waals surface area contributed by atoms with E-state index >= 15 is 0 Å². The number of aliphatic hydroxyl groups excluding tert-OH is 1. The first-order valence-corrected chi connectivity index (χ1v) is 9.03. The molecule has 0 aromatic rings. The van der Waals surface area contributed by atoms with Gasteiger partial charge in [0.25, 0.3) is 0 Å². The number of rotatable bonds is 12. The van der Waals surface area contributed by atoms with Crippen molar-refractivity contribution in [2.75, 3.05) is 0 Å². The van der Waals surface area contributed by atoms with Crippen LogP contribution in [0.1, 0.15) is 90.4 Å². The third-order valence-corrected chi connectivity index (χ3v) is 5.03. The van der Waals surface area contributed by atoms with Crippen molar-refractivity contribution in [3.05, 3.63) is 0 Å². The maximum Gasteiger partial charge on any atom is 1.00 e. The minimum Gasteiger partial charge on any atom is -0.550 e. The third-order valence-electron chi connectivity index (χ3n) is 5.03. The number of carbonyl (C=O) groups excluding carboxylic acids is 1. The van der Waals surface area contributed by atoms with Gasteiger partial charge in [0.1, 0.15) is 0 Å². The van der Waals surface area contributed by atoms with Gasteiger partial charge in [0.15, 0.2) is 0 Å². The van der Waals surface area contributed by atoms with Crippen LogP contribution in [0.15, 0.2) is 0 Å². The maximum absolute atomic E-state index is 10.3. The van der Waals surface area contributed by atoms with Crippen LogP contribution in [0.25, 0.3) is 0 Å². The predicted octanol–water partition coefficient (Wildman–Crippen LogP) is 0.438. The third kappa shape index (κ3) is 9.54. The Morgan fingerprint density at radius 1 is 1.00 bits per heavy atom. The van der Waals surface area contributed by atoms with E-state index in [1.54, 1.807) is 0 Å². The number of aliphatic carboxylic acids is 1. The summed E-state index contributed by atoms with van der Waals surface area (Å²) in [5.74, 6) is 0.279. The molecule has 0 heterocycles. The second kappa shape index (κ2) is 13.8. The summed E-state index contributed by atoms with van der Waals surface area (Å²) in [6.45, 7) is 2.24. The number of unbranched alkanes of at least 4 members (excludes halogenated alkanes) is 6. The molecule has 0 saturated heterocycles. The Morgan fingerprint density at radius 2 is 1.64 bits per heavy atom. The van der Waals surface area contributed by atoms with Crippen LogP contribution in [-0.2, 0) is 4.79 Å². The zero-order chi connectivity index (χ0) is 15.5. The Balaban J connectivity index is 0.00000441. The number of hydrogen-bond acceptors (Lipinski definition) is 3. The molecule has 22 heavy (non-hydrogen) atoms. The zero-order valence-electron chi connectivity index (χ0n) is 14.7. The fourth-order valence-corrected chi connectivity index (χ4v) is 3.75. The molecule has 1 fully saturated rings. The molecule has 1 aliphatic rings. The second-order valence-electron chi connectivity index (χ2n) is 6.74. The summed E-state index contributed by atoms with van der Waals surface area (Å²) in [7, 11) is 0. The molecule has 1 N–H and O–H groups in total. The number of hydrogen-bond donors (Lipinski definition) is 1. The first-order valence-electron chi connectivity index (χ1n) is 9.03. The predicted molar refractivity (Wildman–Crippen MR) is 83.7 cm³/mol. The van der Waals surface area contributed by atoms with Crippen molar-refractivity contribution in [2.45, 2.75) is 96.5 Å². The van der Waals surface area contributed by atoms with Crippen molar-refractivity contribution in [1.82, 2.24) is 0 Å². The van der Waals surface area contributed by atoms with Crippen LogP contribution < -0.4 is 34.7 Å². The topological polar surface area (TPSA) is 60.4 Å². The van der Waals surface area contributed by atoms with Crippen molar-refractivity contribution < 1.29 is 44.6 Å². The van der Waals surface area contributed by atoms with Gasteiger partial charge in [-0.2, -0.15) is 0 Å². The van der Waals surface area contributed by atoms with Gasteiger partial charge in [-0.25, -0.2) is 0 Å². The summed E-state index contributed by atoms with van der Waals surface area (Å²) in [5.41, 5.74) is 0. The van der Waals surface area contributed by atoms with Crippen molar-refractivity contribution >= 4 is 5.97 Å². The molecule has 1 rings (SSSR count). The summed E-state index contributed by atoms with van der Waals surface area (Å²) in [6.07, 6.45) is 13.8. The molecule has 3 nitrogen and oxygen atoms in total. The van der Waals surface area contributed by atoms with E-state index in [0.29, 0.717) is 5.92 Å². The fraction of sp³-hybridized carbons (Fsp3) is 0.944. The summed E-state index contributed by atoms with van der Waals surface area (Å²) in [4.78, 5) is 10.3. The Labute approximate surface area is 158 Å². The summed E-state index contributed by atoms with van der Waals surface area (Å²) >= 11 is 0. The standard InChI is InChI=1S/C18H34O3.Na/c1-2-3-4-7-10-15-13-14-17(19)16(15)11-8-5-6-9-12-18(20)21;/h15-17,19H,2-14H2,1H3,(H,20,21);/q;+1/p-1/t15-,16+,17?;/m0./s1. The van der Waals surface area contributed by atoms with Gasteiger partial charge in [0, 0.05) is 5.97 Å². The first kappa shape index (κ1) is 22.4. The number of carboxylic acid groups (broad SMARTS) is 1. The van der Waals surface area contributed by atoms with Crippen LogP contribution >= 0.6 is 0 Å². The van der Waals surface area contributed by atoms with Gasteiger partial charge in [0.2, 0.25) is 0 Å². The van der Waals surface area contributed by atoms with Crippen molar-refractivity contribution in [2.24, 2.45) is 11.8 Å². The molecule has 0 spiro atoms. The van der Waals surface area contributed by atoms with Gasteiger partial charge in [-0.15, -0.1) is 0 Å². The van der Waals surface area contributed by atoms with E-state index in [0.717, 1.165) is 44.4 Å². The van der Waals surface area contributed by atoms with Crippen molar-refractivity contribution in [3.63, 3.8) is 0 Å². The molecule has 0 aromatic carbocycles. The molecule has 1 aliphatic carbocycles. The van der Waals surface area contributed by atoms with E-state index in [4.69, 9.17) is 0 Å². The van der Waals surface area contributed by atoms with Crippen LogP contribution in [0.5, 0.6) is 0 Å². The van der Waals surface area contributed by atoms with Gasteiger partial charge in [-0.05, 0) is 43.9 Å². The first-order chi connectivity index (χ1) is 10.1. The largest absolute Gasteiger partial charge is 1.00 e. The van der Waals surface area contributed by atoms with Gasteiger partial charge >= 0.3 is 29.6 Å². The van der Waals surface area contributed by atoms with Gasteiger partial charge < -0.3 is 15.0 Å². The Kier molecular flexibility index (Phi) is 14.1. The molecule has 0 bridgehead atoms. The quantitative estimate of drug-likeness (QED) is 0.419. The SMILES string of the molecule is CCCCCC[C@H]1CCC(O)[C@@H]1CCCCCCC(=O)[O-].[Na+]. The Hall–Kier alpha value is 0.430. The normalized spacial score (nSPS) is 24.2. The smallest absolute Gasteiger partial charge is 0.550 e. The van der Waals surface area contributed by atoms with E-state index in [1.165, 1.54) is 38.5 Å². The van der Waals surface area contributed by atoms with Crippen LogP contribution in [0.3, 0.4) is 0 Å². The molecule has 0 aromatic heterocycles. The minimum atomic E-state index is -0.937. The fourth-order valence-electron chi connectivity index (χ4n) is 3.75. The molecule has 1 saturated carbocycles. The van der Waals surface area contributed by atoms with Crippen molar-refractivity contribution in [3.8, 4) is 0 Å². The number of carbonyl (C=O) groups is 1. The van der Waals surface area contributed by atoms with Gasteiger partial charge in [0.05, 0.1) is 6.10 Å². The van der Waals surface area contributed by atoms with Crippen molar-refractivity contribution in [1.29, 1.82) is 0 Å². The minimum absolute atomic E-state index is 0. The number of carboxylic acids is 1. The van der Waals surface area contributed by atoms with E-state index in [2.05, 4.69) is 6.92 Å². The molecule has 0 amide bonds. The average molecular weight is 320 g/mol. The molecule has 0 aliphatic heterocycles. The maximum atomic E-state index is 10.3. The second-order valence-corrected chi connectivity index (χ2v) is 6.74.